The maximum absolute atomic E-state index is 11.7. The molecule has 0 aliphatic carbocycles. The number of fused-ring (bicyclic) bond motifs is 1. The molecule has 0 saturated carbocycles. The Hall–Kier alpha value is -2.24. The van der Waals surface area contributed by atoms with Gasteiger partial charge in [0.05, 0.1) is 5.41 Å². The van der Waals surface area contributed by atoms with Crippen molar-refractivity contribution in [1.82, 2.24) is 5.32 Å². The van der Waals surface area contributed by atoms with Crippen molar-refractivity contribution in [2.24, 2.45) is 5.41 Å². The minimum Gasteiger partial charge on any atom is -0.481 e. The van der Waals surface area contributed by atoms with Gasteiger partial charge in [0.2, 0.25) is 12.7 Å². The fourth-order valence-electron chi connectivity index (χ4n) is 1.79. The monoisotopic (exact) mass is 279 g/mol. The molecule has 0 unspecified atom stereocenters. The predicted octanol–water partition coefficient (Wildman–Crippen LogP) is 1.53. The lowest BCUT2D eigenvalue weighted by Crippen LogP contribution is -2.33. The molecule has 0 radical (unpaired) electrons. The van der Waals surface area contributed by atoms with Gasteiger partial charge in [-0.15, -0.1) is 0 Å². The third kappa shape index (κ3) is 3.20. The third-order valence-corrected chi connectivity index (χ3v) is 3.11. The van der Waals surface area contributed by atoms with Crippen LogP contribution in [0.4, 0.5) is 0 Å². The summed E-state index contributed by atoms with van der Waals surface area (Å²) in [6.07, 6.45) is -0.0626. The van der Waals surface area contributed by atoms with Crippen molar-refractivity contribution in [3.63, 3.8) is 0 Å². The molecule has 2 N–H and O–H groups in total. The largest absolute Gasteiger partial charge is 0.481 e. The van der Waals surface area contributed by atoms with Crippen LogP contribution in [0.15, 0.2) is 18.2 Å². The van der Waals surface area contributed by atoms with Gasteiger partial charge in [0.15, 0.2) is 11.5 Å². The quantitative estimate of drug-likeness (QED) is 0.853. The Morgan fingerprint density at radius 1 is 1.30 bits per heavy atom. The Balaban J connectivity index is 1.89. The summed E-state index contributed by atoms with van der Waals surface area (Å²) in [5.41, 5.74) is -0.199. The van der Waals surface area contributed by atoms with Gasteiger partial charge in [-0.2, -0.15) is 0 Å². The molecule has 20 heavy (non-hydrogen) atoms. The minimum absolute atomic E-state index is 0.0626. The Bertz CT molecular complexity index is 538. The van der Waals surface area contributed by atoms with Crippen LogP contribution >= 0.6 is 0 Å². The van der Waals surface area contributed by atoms with Crippen molar-refractivity contribution in [2.75, 3.05) is 6.79 Å². The molecule has 1 aliphatic heterocycles. The number of nitrogens with one attached hydrogen (secondary N) is 1. The van der Waals surface area contributed by atoms with Crippen LogP contribution in [0.1, 0.15) is 25.8 Å². The molecule has 1 heterocycles. The van der Waals surface area contributed by atoms with E-state index < -0.39 is 11.4 Å². The van der Waals surface area contributed by atoms with Gasteiger partial charge in [-0.25, -0.2) is 0 Å². The number of amides is 1. The molecular formula is C14H17NO5. The Kier molecular flexibility index (Phi) is 3.83. The second kappa shape index (κ2) is 5.40. The molecule has 1 amide bonds. The normalized spacial score (nSPS) is 13.1. The van der Waals surface area contributed by atoms with E-state index in [4.69, 9.17) is 14.6 Å². The van der Waals surface area contributed by atoms with E-state index in [-0.39, 0.29) is 19.1 Å². The van der Waals surface area contributed by atoms with E-state index in [1.807, 2.05) is 6.07 Å². The number of benzene rings is 1. The molecule has 2 rings (SSSR count). The molecule has 0 saturated heterocycles. The van der Waals surface area contributed by atoms with Crippen LogP contribution in [0, 0.1) is 5.41 Å². The number of carbonyl (C=O) groups excluding carboxylic acids is 1. The van der Waals surface area contributed by atoms with E-state index in [1.165, 1.54) is 13.8 Å². The molecule has 0 fully saturated rings. The number of hydrogen-bond acceptors (Lipinski definition) is 4. The molecule has 1 aromatic rings. The van der Waals surface area contributed by atoms with Gasteiger partial charge in [0.25, 0.3) is 0 Å². The van der Waals surface area contributed by atoms with Crippen LogP contribution in [-0.2, 0) is 16.1 Å². The first-order chi connectivity index (χ1) is 9.38. The SMILES string of the molecule is CC(C)(CC(=O)NCc1ccc2c(c1)OCO2)C(=O)O. The van der Waals surface area contributed by atoms with Crippen molar-refractivity contribution in [2.45, 2.75) is 26.8 Å². The fourth-order valence-corrected chi connectivity index (χ4v) is 1.79. The number of carbonyl (C=O) groups is 2. The van der Waals surface area contributed by atoms with Crippen LogP contribution in [0.2, 0.25) is 0 Å². The summed E-state index contributed by atoms with van der Waals surface area (Å²) in [6.45, 7) is 3.58. The molecule has 1 aliphatic rings. The van der Waals surface area contributed by atoms with Gasteiger partial charge >= 0.3 is 5.97 Å². The van der Waals surface area contributed by atoms with Gasteiger partial charge in [-0.05, 0) is 31.5 Å². The van der Waals surface area contributed by atoms with E-state index in [2.05, 4.69) is 5.32 Å². The number of ether oxygens (including phenoxy) is 2. The summed E-state index contributed by atoms with van der Waals surface area (Å²) >= 11 is 0. The molecule has 108 valence electrons. The Labute approximate surface area is 116 Å². The van der Waals surface area contributed by atoms with Crippen LogP contribution in [-0.4, -0.2) is 23.8 Å². The first-order valence-corrected chi connectivity index (χ1v) is 6.27. The first kappa shape index (κ1) is 14.2. The van der Waals surface area contributed by atoms with Crippen LogP contribution < -0.4 is 14.8 Å². The topological polar surface area (TPSA) is 84.9 Å². The highest BCUT2D eigenvalue weighted by molar-refractivity contribution is 5.84. The average molecular weight is 279 g/mol. The highest BCUT2D eigenvalue weighted by Gasteiger charge is 2.30. The molecule has 0 bridgehead atoms. The van der Waals surface area contributed by atoms with Crippen molar-refractivity contribution < 1.29 is 24.2 Å². The van der Waals surface area contributed by atoms with Crippen molar-refractivity contribution in [1.29, 1.82) is 0 Å². The summed E-state index contributed by atoms with van der Waals surface area (Å²) in [4.78, 5) is 22.7. The zero-order valence-corrected chi connectivity index (χ0v) is 11.4. The highest BCUT2D eigenvalue weighted by atomic mass is 16.7. The average Bonchev–Trinajstić information content (AvgIpc) is 2.82. The summed E-state index contributed by atoms with van der Waals surface area (Å²) < 4.78 is 10.4. The fraction of sp³-hybridized carbons (Fsp3) is 0.429. The lowest BCUT2D eigenvalue weighted by molar-refractivity contribution is -0.149. The second-order valence-corrected chi connectivity index (χ2v) is 5.33. The van der Waals surface area contributed by atoms with Crippen LogP contribution in [0.3, 0.4) is 0 Å². The molecule has 0 spiro atoms. The Morgan fingerprint density at radius 3 is 2.70 bits per heavy atom. The van der Waals surface area contributed by atoms with Crippen molar-refractivity contribution in [3.05, 3.63) is 23.8 Å². The lowest BCUT2D eigenvalue weighted by Gasteiger charge is -2.18. The minimum atomic E-state index is -1.07. The molecule has 1 aromatic carbocycles. The van der Waals surface area contributed by atoms with Gasteiger partial charge < -0.3 is 19.9 Å². The van der Waals surface area contributed by atoms with Gasteiger partial charge in [-0.1, -0.05) is 6.07 Å². The predicted molar refractivity (Wildman–Crippen MR) is 70.4 cm³/mol. The maximum atomic E-state index is 11.7. The van der Waals surface area contributed by atoms with E-state index in [0.29, 0.717) is 18.0 Å². The van der Waals surface area contributed by atoms with E-state index in [9.17, 15) is 9.59 Å². The van der Waals surface area contributed by atoms with Gasteiger partial charge in [-0.3, -0.25) is 9.59 Å². The number of hydrogen-bond donors (Lipinski definition) is 2. The summed E-state index contributed by atoms with van der Waals surface area (Å²) in [7, 11) is 0. The number of carboxylic acids is 1. The standard InChI is InChI=1S/C14H17NO5/c1-14(2,13(17)18)6-12(16)15-7-9-3-4-10-11(5-9)20-8-19-10/h3-5H,6-8H2,1-2H3,(H,15,16)(H,17,18). The third-order valence-electron chi connectivity index (χ3n) is 3.11. The van der Waals surface area contributed by atoms with E-state index in [0.717, 1.165) is 5.56 Å². The number of aliphatic carboxylic acids is 1. The smallest absolute Gasteiger partial charge is 0.309 e. The van der Waals surface area contributed by atoms with Gasteiger partial charge in [0, 0.05) is 13.0 Å². The Morgan fingerprint density at radius 2 is 2.00 bits per heavy atom. The maximum Gasteiger partial charge on any atom is 0.309 e. The van der Waals surface area contributed by atoms with Crippen molar-refractivity contribution >= 4 is 11.9 Å². The van der Waals surface area contributed by atoms with E-state index >= 15 is 0 Å². The summed E-state index contributed by atoms with van der Waals surface area (Å²) in [6, 6.07) is 5.41. The highest BCUT2D eigenvalue weighted by Crippen LogP contribution is 2.32. The number of carboxylic acid groups (broad SMARTS) is 1. The molecule has 0 aromatic heterocycles. The molecule has 6 nitrogen and oxygen atoms in total. The number of rotatable bonds is 5. The van der Waals surface area contributed by atoms with E-state index in [1.54, 1.807) is 12.1 Å². The first-order valence-electron chi connectivity index (χ1n) is 6.27. The zero-order chi connectivity index (χ0) is 14.8. The second-order valence-electron chi connectivity index (χ2n) is 5.33. The van der Waals surface area contributed by atoms with Crippen LogP contribution in [0.5, 0.6) is 11.5 Å². The van der Waals surface area contributed by atoms with Crippen LogP contribution in [0.25, 0.3) is 0 Å². The summed E-state index contributed by atoms with van der Waals surface area (Å²) in [5.74, 6) is 0.0560. The van der Waals surface area contributed by atoms with Crippen molar-refractivity contribution in [3.8, 4) is 11.5 Å². The molecular weight excluding hydrogens is 262 g/mol. The summed E-state index contributed by atoms with van der Waals surface area (Å²) in [5, 5.41) is 11.7. The zero-order valence-electron chi connectivity index (χ0n) is 11.4. The molecule has 6 heteroatoms. The van der Waals surface area contributed by atoms with Gasteiger partial charge in [0.1, 0.15) is 0 Å². The molecule has 0 atom stereocenters. The lowest BCUT2D eigenvalue weighted by atomic mass is 9.89.